The Morgan fingerprint density at radius 3 is 2.45 bits per heavy atom. The number of aliphatic hydroxyl groups excluding tert-OH is 2. The Bertz CT molecular complexity index is 1220. The van der Waals surface area contributed by atoms with Crippen LogP contribution >= 0.6 is 0 Å². The van der Waals surface area contributed by atoms with Gasteiger partial charge in [0.25, 0.3) is 15.7 Å². The maximum atomic E-state index is 11.7. The molecule has 0 unspecified atom stereocenters. The Morgan fingerprint density at radius 1 is 1.29 bits per heavy atom. The summed E-state index contributed by atoms with van der Waals surface area (Å²) in [5.41, 5.74) is 6.37. The first-order chi connectivity index (χ1) is 14.1. The van der Waals surface area contributed by atoms with Crippen molar-refractivity contribution >= 4 is 27.2 Å². The maximum absolute atomic E-state index is 11.7. The first-order valence-electron chi connectivity index (χ1n) is 8.86. The second kappa shape index (κ2) is 9.36. The number of benzene rings is 1. The number of hydrogen-bond donors (Lipinski definition) is 5. The minimum absolute atomic E-state index is 0. The lowest BCUT2D eigenvalue weighted by molar-refractivity contribution is 0.101. The number of aromatic nitrogens is 4. The number of fused-ring (bicyclic) bond motifs is 1. The third kappa shape index (κ3) is 4.98. The molecule has 12 nitrogen and oxygen atoms in total. The molecule has 1 aromatic carbocycles. The van der Waals surface area contributed by atoms with E-state index in [1.54, 1.807) is 22.8 Å². The second-order valence-corrected chi connectivity index (χ2v) is 8.17. The monoisotopic (exact) mass is 453 g/mol. The van der Waals surface area contributed by atoms with Crippen molar-refractivity contribution in [2.45, 2.75) is 23.5 Å². The Labute approximate surface area is 176 Å². The van der Waals surface area contributed by atoms with Gasteiger partial charge in [0.1, 0.15) is 0 Å². The van der Waals surface area contributed by atoms with E-state index < -0.39 is 21.8 Å². The zero-order chi connectivity index (χ0) is 22.1. The van der Waals surface area contributed by atoms with Crippen molar-refractivity contribution in [1.82, 2.24) is 19.5 Å². The van der Waals surface area contributed by atoms with Gasteiger partial charge in [0.05, 0.1) is 30.0 Å². The van der Waals surface area contributed by atoms with Crippen LogP contribution in [0, 0.1) is 5.92 Å². The summed E-state index contributed by atoms with van der Waals surface area (Å²) in [7, 11) is -4.00. The molecule has 1 aliphatic rings. The van der Waals surface area contributed by atoms with Crippen molar-refractivity contribution in [1.29, 1.82) is 0 Å². The number of nitrogens with zero attached hydrogens (tertiary/aromatic N) is 3. The van der Waals surface area contributed by atoms with Crippen LogP contribution in [0.1, 0.15) is 12.5 Å². The minimum Gasteiger partial charge on any atom is -0.412 e. The number of aliphatic hydroxyl groups is 2. The van der Waals surface area contributed by atoms with Crippen LogP contribution in [0.5, 0.6) is 0 Å². The van der Waals surface area contributed by atoms with Crippen molar-refractivity contribution in [3.8, 4) is 0 Å². The molecule has 0 aliphatic heterocycles. The SMILES string of the molecule is C=C1[C@H](CO)[C@@H](O)C[C@@H]1n1cnc2c(=O)[nH]c(N)nc21.O.O=S(=O)(O)c1ccccc1. The average Bonchev–Trinajstić information content (AvgIpc) is 3.22. The summed E-state index contributed by atoms with van der Waals surface area (Å²) in [6.07, 6.45) is 1.20. The first-order valence-corrected chi connectivity index (χ1v) is 10.3. The van der Waals surface area contributed by atoms with E-state index in [2.05, 4.69) is 21.5 Å². The van der Waals surface area contributed by atoms with Crippen LogP contribution in [-0.2, 0) is 10.1 Å². The quantitative estimate of drug-likeness (QED) is 0.249. The van der Waals surface area contributed by atoms with E-state index in [4.69, 9.17) is 10.3 Å². The van der Waals surface area contributed by atoms with Gasteiger partial charge < -0.3 is 26.0 Å². The number of nitrogen functional groups attached to an aromatic ring is 1. The molecule has 31 heavy (non-hydrogen) atoms. The van der Waals surface area contributed by atoms with E-state index in [0.29, 0.717) is 17.6 Å². The molecule has 4 rings (SSSR count). The third-order valence-corrected chi connectivity index (χ3v) is 5.73. The number of H-pyrrole nitrogens is 1. The lowest BCUT2D eigenvalue weighted by atomic mass is 10.0. The molecule has 0 radical (unpaired) electrons. The second-order valence-electron chi connectivity index (χ2n) is 6.75. The van der Waals surface area contributed by atoms with Crippen LogP contribution < -0.4 is 11.3 Å². The van der Waals surface area contributed by atoms with Gasteiger partial charge in [-0.05, 0) is 24.1 Å². The van der Waals surface area contributed by atoms with Gasteiger partial charge in [-0.15, -0.1) is 0 Å². The molecule has 3 aromatic rings. The predicted octanol–water partition coefficient (Wildman–Crippen LogP) is -0.719. The number of rotatable bonds is 3. The van der Waals surface area contributed by atoms with E-state index in [1.165, 1.54) is 18.5 Å². The van der Waals surface area contributed by atoms with Gasteiger partial charge in [0.2, 0.25) is 5.95 Å². The smallest absolute Gasteiger partial charge is 0.294 e. The van der Waals surface area contributed by atoms with Crippen LogP contribution in [0.4, 0.5) is 5.95 Å². The Morgan fingerprint density at radius 2 is 1.94 bits per heavy atom. The van der Waals surface area contributed by atoms with Gasteiger partial charge in [0.15, 0.2) is 11.2 Å². The zero-order valence-electron chi connectivity index (χ0n) is 16.2. The number of hydrogen-bond acceptors (Lipinski definition) is 8. The summed E-state index contributed by atoms with van der Waals surface area (Å²) in [4.78, 5) is 22.2. The van der Waals surface area contributed by atoms with Crippen LogP contribution in [0.25, 0.3) is 11.2 Å². The van der Waals surface area contributed by atoms with Crippen LogP contribution in [0.3, 0.4) is 0 Å². The molecular weight excluding hydrogens is 430 g/mol. The molecule has 8 N–H and O–H groups in total. The minimum atomic E-state index is -4.00. The van der Waals surface area contributed by atoms with Crippen molar-refractivity contribution in [2.24, 2.45) is 5.92 Å². The molecule has 1 fully saturated rings. The van der Waals surface area contributed by atoms with Crippen LogP contribution in [0.2, 0.25) is 0 Å². The van der Waals surface area contributed by atoms with Crippen molar-refractivity contribution in [3.05, 3.63) is 59.2 Å². The summed E-state index contributed by atoms with van der Waals surface area (Å²) >= 11 is 0. The van der Waals surface area contributed by atoms with Gasteiger partial charge in [-0.2, -0.15) is 13.4 Å². The maximum Gasteiger partial charge on any atom is 0.294 e. The highest BCUT2D eigenvalue weighted by Gasteiger charge is 2.37. The molecule has 0 bridgehead atoms. The van der Waals surface area contributed by atoms with Gasteiger partial charge in [0, 0.05) is 5.92 Å². The molecule has 1 saturated carbocycles. The highest BCUT2D eigenvalue weighted by molar-refractivity contribution is 7.85. The number of anilines is 1. The molecule has 0 amide bonds. The molecule has 2 heterocycles. The number of nitrogens with two attached hydrogens (primary N) is 1. The number of aromatic amines is 1. The molecule has 0 saturated heterocycles. The highest BCUT2D eigenvalue weighted by atomic mass is 32.2. The largest absolute Gasteiger partial charge is 0.412 e. The van der Waals surface area contributed by atoms with E-state index >= 15 is 0 Å². The van der Waals surface area contributed by atoms with Gasteiger partial charge >= 0.3 is 0 Å². The third-order valence-electron chi connectivity index (χ3n) is 4.86. The molecule has 0 spiro atoms. The zero-order valence-corrected chi connectivity index (χ0v) is 17.0. The van der Waals surface area contributed by atoms with Crippen molar-refractivity contribution in [3.63, 3.8) is 0 Å². The topological polar surface area (TPSA) is 216 Å². The summed E-state index contributed by atoms with van der Waals surface area (Å²) in [5, 5.41) is 19.2. The number of nitrogens with one attached hydrogen (secondary N) is 1. The van der Waals surface area contributed by atoms with E-state index in [9.17, 15) is 23.4 Å². The number of imidazole rings is 1. The van der Waals surface area contributed by atoms with Gasteiger partial charge in [-0.1, -0.05) is 24.8 Å². The summed E-state index contributed by atoms with van der Waals surface area (Å²) in [6, 6.07) is 7.16. The van der Waals surface area contributed by atoms with Crippen LogP contribution in [0.15, 0.2) is 58.5 Å². The fourth-order valence-electron chi connectivity index (χ4n) is 3.33. The highest BCUT2D eigenvalue weighted by Crippen LogP contribution is 2.39. The summed E-state index contributed by atoms with van der Waals surface area (Å²) in [6.45, 7) is 3.76. The van der Waals surface area contributed by atoms with E-state index in [-0.39, 0.29) is 40.4 Å². The average molecular weight is 453 g/mol. The van der Waals surface area contributed by atoms with Crippen molar-refractivity contribution in [2.75, 3.05) is 12.3 Å². The fraction of sp³-hybridized carbons (Fsp3) is 0.278. The molecule has 2 aromatic heterocycles. The van der Waals surface area contributed by atoms with Gasteiger partial charge in [-0.25, -0.2) is 4.98 Å². The first kappa shape index (κ1) is 24.2. The molecular formula is C18H23N5O7S. The summed E-state index contributed by atoms with van der Waals surface area (Å²) < 4.78 is 30.9. The molecule has 13 heteroatoms. The molecule has 168 valence electrons. The lowest BCUT2D eigenvalue weighted by Gasteiger charge is -2.15. The van der Waals surface area contributed by atoms with E-state index in [1.807, 2.05) is 0 Å². The van der Waals surface area contributed by atoms with Crippen LogP contribution in [-0.4, -0.2) is 60.9 Å². The predicted molar refractivity (Wildman–Crippen MR) is 112 cm³/mol. The lowest BCUT2D eigenvalue weighted by Crippen LogP contribution is -2.17. The summed E-state index contributed by atoms with van der Waals surface area (Å²) in [5.74, 6) is -0.371. The standard InChI is InChI=1S/C12H15N5O3.C6H6O3S.H2O/c1-5-6(3-18)8(19)2-7(5)17-4-14-9-10(17)15-12(13)16-11(9)20;7-10(8,9)6-4-2-1-3-5-6;/h4,6-8,18-19H,1-3H2,(H3,13,15,16,20);1-5H,(H,7,8,9);1H2/t6-,7-,8-;;/m0../s1. The Hall–Kier alpha value is -3.10. The fourth-order valence-corrected chi connectivity index (χ4v) is 3.83. The van der Waals surface area contributed by atoms with Gasteiger partial charge in [-0.3, -0.25) is 14.3 Å². The Balaban J connectivity index is 0.000000264. The van der Waals surface area contributed by atoms with Crippen molar-refractivity contribution < 1.29 is 28.7 Å². The molecule has 1 aliphatic carbocycles. The molecule has 3 atom stereocenters. The van der Waals surface area contributed by atoms with E-state index in [0.717, 1.165) is 0 Å². The normalized spacial score (nSPS) is 20.7. The Kier molecular flexibility index (Phi) is 7.30.